The summed E-state index contributed by atoms with van der Waals surface area (Å²) in [6, 6.07) is 3.76. The van der Waals surface area contributed by atoms with Crippen LogP contribution < -0.4 is 4.74 Å². The zero-order chi connectivity index (χ0) is 17.9. The van der Waals surface area contributed by atoms with Crippen LogP contribution in [0.1, 0.15) is 50.8 Å². The van der Waals surface area contributed by atoms with E-state index in [9.17, 15) is 4.79 Å². The Hall–Kier alpha value is -2.04. The largest absolute Gasteiger partial charge is 0.493 e. The molecule has 5 nitrogen and oxygen atoms in total. The molecule has 0 spiro atoms. The van der Waals surface area contributed by atoms with Crippen molar-refractivity contribution < 1.29 is 9.53 Å². The standard InChI is InChI=1S/C19H29N3O2/c1-7-15-17(19(23)21(11-13(2)3)12-14(4)5)22-10-8-9-16(24-6)18(22)20-15/h8-10,13-14H,7,11-12H2,1-6H3. The molecular formula is C19H29N3O2. The predicted octanol–water partition coefficient (Wildman–Crippen LogP) is 3.66. The topological polar surface area (TPSA) is 46.8 Å². The highest BCUT2D eigenvalue weighted by molar-refractivity contribution is 5.95. The highest BCUT2D eigenvalue weighted by Gasteiger charge is 2.25. The van der Waals surface area contributed by atoms with Gasteiger partial charge in [-0.3, -0.25) is 9.20 Å². The molecule has 2 aromatic heterocycles. The van der Waals surface area contributed by atoms with Crippen LogP contribution in [-0.4, -0.2) is 40.4 Å². The number of hydrogen-bond acceptors (Lipinski definition) is 3. The van der Waals surface area contributed by atoms with Gasteiger partial charge in [0.2, 0.25) is 0 Å². The lowest BCUT2D eigenvalue weighted by Crippen LogP contribution is -2.38. The summed E-state index contributed by atoms with van der Waals surface area (Å²) in [6.45, 7) is 12.1. The van der Waals surface area contributed by atoms with Gasteiger partial charge in [0.15, 0.2) is 11.4 Å². The normalized spacial score (nSPS) is 11.5. The number of methoxy groups -OCH3 is 1. The van der Waals surface area contributed by atoms with E-state index in [-0.39, 0.29) is 5.91 Å². The number of pyridine rings is 1. The third-order valence-corrected chi connectivity index (χ3v) is 3.90. The molecule has 0 saturated heterocycles. The molecular weight excluding hydrogens is 302 g/mol. The molecule has 0 fully saturated rings. The van der Waals surface area contributed by atoms with Crippen LogP contribution in [-0.2, 0) is 6.42 Å². The summed E-state index contributed by atoms with van der Waals surface area (Å²) in [5.41, 5.74) is 2.18. The molecule has 24 heavy (non-hydrogen) atoms. The smallest absolute Gasteiger partial charge is 0.272 e. The van der Waals surface area contributed by atoms with Gasteiger partial charge >= 0.3 is 0 Å². The van der Waals surface area contributed by atoms with Gasteiger partial charge in [-0.2, -0.15) is 0 Å². The van der Waals surface area contributed by atoms with Crippen molar-refractivity contribution in [1.29, 1.82) is 0 Å². The monoisotopic (exact) mass is 331 g/mol. The van der Waals surface area contributed by atoms with Crippen LogP contribution >= 0.6 is 0 Å². The van der Waals surface area contributed by atoms with E-state index < -0.39 is 0 Å². The summed E-state index contributed by atoms with van der Waals surface area (Å²) < 4.78 is 7.27. The second kappa shape index (κ2) is 7.69. The summed E-state index contributed by atoms with van der Waals surface area (Å²) in [6.07, 6.45) is 2.60. The molecule has 0 radical (unpaired) electrons. The van der Waals surface area contributed by atoms with E-state index in [2.05, 4.69) is 32.7 Å². The highest BCUT2D eigenvalue weighted by Crippen LogP contribution is 2.24. The van der Waals surface area contributed by atoms with E-state index in [1.54, 1.807) is 7.11 Å². The predicted molar refractivity (Wildman–Crippen MR) is 96.7 cm³/mol. The zero-order valence-corrected chi connectivity index (χ0v) is 15.7. The van der Waals surface area contributed by atoms with Crippen LogP contribution in [0.3, 0.4) is 0 Å². The first kappa shape index (κ1) is 18.3. The van der Waals surface area contributed by atoms with Gasteiger partial charge in [0.1, 0.15) is 5.69 Å². The maximum atomic E-state index is 13.3. The second-order valence-electron chi connectivity index (χ2n) is 7.03. The Bertz CT molecular complexity index is 694. The quantitative estimate of drug-likeness (QED) is 0.778. The first-order valence-corrected chi connectivity index (χ1v) is 8.72. The average molecular weight is 331 g/mol. The Morgan fingerprint density at radius 1 is 1.25 bits per heavy atom. The summed E-state index contributed by atoms with van der Waals surface area (Å²) >= 11 is 0. The fourth-order valence-electron chi connectivity index (χ4n) is 2.99. The molecule has 1 amide bonds. The number of fused-ring (bicyclic) bond motifs is 1. The van der Waals surface area contributed by atoms with Crippen LogP contribution in [0.25, 0.3) is 5.65 Å². The summed E-state index contributed by atoms with van der Waals surface area (Å²) in [7, 11) is 1.63. The number of rotatable bonds is 7. The van der Waals surface area contributed by atoms with Crippen LogP contribution in [0.2, 0.25) is 0 Å². The van der Waals surface area contributed by atoms with Crippen molar-refractivity contribution in [3.05, 3.63) is 29.7 Å². The van der Waals surface area contributed by atoms with Gasteiger partial charge in [-0.05, 0) is 30.4 Å². The lowest BCUT2D eigenvalue weighted by Gasteiger charge is -2.26. The molecule has 0 aliphatic heterocycles. The lowest BCUT2D eigenvalue weighted by molar-refractivity contribution is 0.0707. The average Bonchev–Trinajstić information content (AvgIpc) is 2.91. The van der Waals surface area contributed by atoms with E-state index >= 15 is 0 Å². The fourth-order valence-corrected chi connectivity index (χ4v) is 2.99. The molecule has 0 aromatic carbocycles. The van der Waals surface area contributed by atoms with Crippen LogP contribution in [0, 0.1) is 11.8 Å². The molecule has 132 valence electrons. The number of amides is 1. The summed E-state index contributed by atoms with van der Waals surface area (Å²) in [4.78, 5) is 19.9. The van der Waals surface area contributed by atoms with Gasteiger partial charge in [0.05, 0.1) is 12.8 Å². The molecule has 0 aliphatic rings. The number of nitrogens with zero attached hydrogens (tertiary/aromatic N) is 3. The first-order chi connectivity index (χ1) is 11.4. The van der Waals surface area contributed by atoms with Crippen molar-refractivity contribution in [2.75, 3.05) is 20.2 Å². The minimum Gasteiger partial charge on any atom is -0.493 e. The van der Waals surface area contributed by atoms with Crippen LogP contribution in [0.5, 0.6) is 5.75 Å². The first-order valence-electron chi connectivity index (χ1n) is 8.72. The molecule has 0 bridgehead atoms. The number of ether oxygens (including phenoxy) is 1. The minimum atomic E-state index is 0.0509. The van der Waals surface area contributed by atoms with E-state index in [1.165, 1.54) is 0 Å². The van der Waals surface area contributed by atoms with E-state index in [4.69, 9.17) is 4.74 Å². The molecule has 0 N–H and O–H groups in total. The van der Waals surface area contributed by atoms with E-state index in [1.807, 2.05) is 34.6 Å². The van der Waals surface area contributed by atoms with Gasteiger partial charge in [-0.15, -0.1) is 0 Å². The molecule has 0 saturated carbocycles. The van der Waals surface area contributed by atoms with Gasteiger partial charge in [0, 0.05) is 19.3 Å². The van der Waals surface area contributed by atoms with Crippen molar-refractivity contribution in [2.24, 2.45) is 11.8 Å². The molecule has 0 aliphatic carbocycles. The van der Waals surface area contributed by atoms with E-state index in [0.29, 0.717) is 35.3 Å². The minimum absolute atomic E-state index is 0.0509. The molecule has 2 aromatic rings. The Morgan fingerprint density at radius 3 is 2.38 bits per heavy atom. The highest BCUT2D eigenvalue weighted by atomic mass is 16.5. The third-order valence-electron chi connectivity index (χ3n) is 3.90. The molecule has 0 unspecified atom stereocenters. The van der Waals surface area contributed by atoms with Crippen molar-refractivity contribution in [1.82, 2.24) is 14.3 Å². The fraction of sp³-hybridized carbons (Fsp3) is 0.579. The van der Waals surface area contributed by atoms with Gasteiger partial charge in [-0.1, -0.05) is 34.6 Å². The summed E-state index contributed by atoms with van der Waals surface area (Å²) in [5, 5.41) is 0. The van der Waals surface area contributed by atoms with Crippen molar-refractivity contribution in [2.45, 2.75) is 41.0 Å². The SMILES string of the molecule is CCc1nc2c(OC)cccn2c1C(=O)N(CC(C)C)CC(C)C. The Labute approximate surface area is 144 Å². The number of aryl methyl sites for hydroxylation is 1. The van der Waals surface area contributed by atoms with E-state index in [0.717, 1.165) is 18.8 Å². The number of hydrogen-bond donors (Lipinski definition) is 0. The molecule has 0 atom stereocenters. The molecule has 2 rings (SSSR count). The van der Waals surface area contributed by atoms with Crippen LogP contribution in [0.15, 0.2) is 18.3 Å². The zero-order valence-electron chi connectivity index (χ0n) is 15.7. The van der Waals surface area contributed by atoms with Crippen LogP contribution in [0.4, 0.5) is 0 Å². The maximum absolute atomic E-state index is 13.3. The van der Waals surface area contributed by atoms with Crippen molar-refractivity contribution >= 4 is 11.6 Å². The van der Waals surface area contributed by atoms with Crippen molar-refractivity contribution in [3.63, 3.8) is 0 Å². The van der Waals surface area contributed by atoms with Gasteiger partial charge < -0.3 is 9.64 Å². The molecule has 5 heteroatoms. The van der Waals surface area contributed by atoms with Crippen molar-refractivity contribution in [3.8, 4) is 5.75 Å². The number of imidazole rings is 1. The summed E-state index contributed by atoms with van der Waals surface area (Å²) in [5.74, 6) is 1.58. The van der Waals surface area contributed by atoms with Gasteiger partial charge in [-0.25, -0.2) is 4.98 Å². The number of aromatic nitrogens is 2. The van der Waals surface area contributed by atoms with Gasteiger partial charge in [0.25, 0.3) is 5.91 Å². The Morgan fingerprint density at radius 2 is 1.88 bits per heavy atom. The Kier molecular flexibility index (Phi) is 5.86. The maximum Gasteiger partial charge on any atom is 0.272 e. The molecule has 2 heterocycles. The third kappa shape index (κ3) is 3.71. The Balaban J connectivity index is 2.53. The number of carbonyl (C=O) groups excluding carboxylic acids is 1. The number of carbonyl (C=O) groups is 1. The second-order valence-corrected chi connectivity index (χ2v) is 7.03. The lowest BCUT2D eigenvalue weighted by atomic mass is 10.1.